The largest absolute Gasteiger partial charge is 0.492 e. The van der Waals surface area contributed by atoms with Gasteiger partial charge in [-0.1, -0.05) is 19.4 Å². The first kappa shape index (κ1) is 17.4. The van der Waals surface area contributed by atoms with Crippen molar-refractivity contribution in [2.75, 3.05) is 11.9 Å². The number of nitrogens with zero attached hydrogens (tertiary/aromatic N) is 2. The van der Waals surface area contributed by atoms with Crippen LogP contribution in [0.3, 0.4) is 0 Å². The quantitative estimate of drug-likeness (QED) is 0.561. The number of carbonyl (C=O) groups is 2. The van der Waals surface area contributed by atoms with Crippen LogP contribution in [-0.2, 0) is 0 Å². The highest BCUT2D eigenvalue weighted by atomic mass is 16.5. The minimum Gasteiger partial charge on any atom is -0.492 e. The molecule has 3 aromatic rings. The van der Waals surface area contributed by atoms with Crippen molar-refractivity contribution in [3.63, 3.8) is 0 Å². The van der Waals surface area contributed by atoms with Gasteiger partial charge in [0.1, 0.15) is 11.3 Å². The molecule has 0 radical (unpaired) electrons. The lowest BCUT2D eigenvalue weighted by Crippen LogP contribution is -2.13. The van der Waals surface area contributed by atoms with Crippen LogP contribution in [0.2, 0.25) is 0 Å². The number of amides is 1. The molecule has 0 aliphatic rings. The van der Waals surface area contributed by atoms with Crippen LogP contribution in [-0.4, -0.2) is 38.5 Å². The average Bonchev–Trinajstić information content (AvgIpc) is 3.04. The van der Waals surface area contributed by atoms with Gasteiger partial charge in [-0.25, -0.2) is 9.78 Å². The molecule has 134 valence electrons. The zero-order chi connectivity index (χ0) is 18.5. The molecule has 0 saturated carbocycles. The molecular formula is C18H18N4O4. The predicted molar refractivity (Wildman–Crippen MR) is 95.6 cm³/mol. The molecular weight excluding hydrogens is 336 g/mol. The summed E-state index contributed by atoms with van der Waals surface area (Å²) in [6.07, 6.45) is 4.90. The Morgan fingerprint density at radius 2 is 2.15 bits per heavy atom. The van der Waals surface area contributed by atoms with Crippen LogP contribution in [0.5, 0.6) is 5.75 Å². The first-order valence-corrected chi connectivity index (χ1v) is 8.19. The van der Waals surface area contributed by atoms with E-state index in [4.69, 9.17) is 4.74 Å². The summed E-state index contributed by atoms with van der Waals surface area (Å²) in [6, 6.07) is 6.35. The molecule has 0 unspecified atom stereocenters. The molecule has 0 spiro atoms. The number of imidazole rings is 1. The number of H-pyrrole nitrogens is 1. The molecule has 0 fully saturated rings. The summed E-state index contributed by atoms with van der Waals surface area (Å²) in [5.41, 5.74) is 1.19. The van der Waals surface area contributed by atoms with E-state index >= 15 is 0 Å². The number of aromatic nitrogens is 3. The first-order chi connectivity index (χ1) is 12.6. The van der Waals surface area contributed by atoms with Gasteiger partial charge < -0.3 is 14.8 Å². The second-order valence-electron chi connectivity index (χ2n) is 5.66. The lowest BCUT2D eigenvalue weighted by atomic mass is 10.2. The van der Waals surface area contributed by atoms with E-state index in [1.54, 1.807) is 24.4 Å². The van der Waals surface area contributed by atoms with E-state index < -0.39 is 11.9 Å². The summed E-state index contributed by atoms with van der Waals surface area (Å²) in [5.74, 6) is -0.824. The minimum atomic E-state index is -1.08. The summed E-state index contributed by atoms with van der Waals surface area (Å²) in [6.45, 7) is 2.62. The van der Waals surface area contributed by atoms with Crippen LogP contribution < -0.4 is 10.1 Å². The number of rotatable bonds is 7. The third-order valence-corrected chi connectivity index (χ3v) is 3.72. The summed E-state index contributed by atoms with van der Waals surface area (Å²) < 4.78 is 5.55. The van der Waals surface area contributed by atoms with Crippen LogP contribution in [0, 0.1) is 0 Å². The van der Waals surface area contributed by atoms with Gasteiger partial charge in [0.15, 0.2) is 0 Å². The number of hydrogen-bond acceptors (Lipinski definition) is 5. The van der Waals surface area contributed by atoms with E-state index in [1.165, 1.54) is 12.3 Å². The fraction of sp³-hybridized carbons (Fsp3) is 0.222. The third-order valence-electron chi connectivity index (χ3n) is 3.72. The molecule has 1 amide bonds. The normalized spacial score (nSPS) is 10.7. The summed E-state index contributed by atoms with van der Waals surface area (Å²) in [5, 5.41) is 11.8. The Hall–Kier alpha value is -3.42. The number of benzene rings is 1. The van der Waals surface area contributed by atoms with Gasteiger partial charge in [-0.3, -0.25) is 15.1 Å². The number of anilines is 1. The van der Waals surface area contributed by atoms with Crippen molar-refractivity contribution in [1.29, 1.82) is 0 Å². The van der Waals surface area contributed by atoms with Crippen molar-refractivity contribution in [1.82, 2.24) is 15.0 Å². The van der Waals surface area contributed by atoms with E-state index in [-0.39, 0.29) is 17.0 Å². The molecule has 3 N–H and O–H groups in total. The smallest absolute Gasteiger partial charge is 0.337 e. The molecule has 26 heavy (non-hydrogen) atoms. The van der Waals surface area contributed by atoms with Gasteiger partial charge in [-0.05, 0) is 24.6 Å². The van der Waals surface area contributed by atoms with Crippen molar-refractivity contribution in [2.24, 2.45) is 0 Å². The summed E-state index contributed by atoms with van der Waals surface area (Å²) in [4.78, 5) is 34.7. The van der Waals surface area contributed by atoms with Gasteiger partial charge in [0.05, 0.1) is 29.4 Å². The van der Waals surface area contributed by atoms with Crippen LogP contribution >= 0.6 is 0 Å². The molecule has 3 rings (SSSR count). The second-order valence-corrected chi connectivity index (χ2v) is 5.66. The van der Waals surface area contributed by atoms with Crippen LogP contribution in [0.1, 0.15) is 40.5 Å². The van der Waals surface area contributed by atoms with Gasteiger partial charge in [-0.15, -0.1) is 0 Å². The predicted octanol–water partition coefficient (Wildman–Crippen LogP) is 3.09. The Labute approximate surface area is 149 Å². The molecule has 2 aromatic heterocycles. The highest BCUT2D eigenvalue weighted by Gasteiger charge is 2.15. The van der Waals surface area contributed by atoms with Crippen LogP contribution in [0.15, 0.2) is 36.7 Å². The summed E-state index contributed by atoms with van der Waals surface area (Å²) in [7, 11) is 0. The molecule has 8 nitrogen and oxygen atoms in total. The minimum absolute atomic E-state index is 0.0623. The van der Waals surface area contributed by atoms with Gasteiger partial charge >= 0.3 is 5.97 Å². The lowest BCUT2D eigenvalue weighted by molar-refractivity contribution is 0.0698. The van der Waals surface area contributed by atoms with E-state index in [0.717, 1.165) is 12.8 Å². The van der Waals surface area contributed by atoms with Crippen molar-refractivity contribution >= 4 is 28.9 Å². The molecule has 2 heterocycles. The van der Waals surface area contributed by atoms with Crippen LogP contribution in [0.4, 0.5) is 5.95 Å². The maximum Gasteiger partial charge on any atom is 0.337 e. The Kier molecular flexibility index (Phi) is 5.12. The number of nitrogens with one attached hydrogen (secondary N) is 2. The zero-order valence-electron chi connectivity index (χ0n) is 14.2. The van der Waals surface area contributed by atoms with E-state index in [0.29, 0.717) is 23.4 Å². The molecule has 0 aliphatic heterocycles. The number of pyridine rings is 1. The first-order valence-electron chi connectivity index (χ1n) is 8.19. The topological polar surface area (TPSA) is 117 Å². The zero-order valence-corrected chi connectivity index (χ0v) is 14.2. The van der Waals surface area contributed by atoms with Crippen molar-refractivity contribution in [3.05, 3.63) is 47.8 Å². The third kappa shape index (κ3) is 3.80. The SMILES string of the molecule is CCCCOc1cncc(C(=O)Nc2nc3c(C(=O)O)cccc3[nH]2)c1. The Bertz CT molecular complexity index is 951. The fourth-order valence-corrected chi connectivity index (χ4v) is 2.40. The van der Waals surface area contributed by atoms with Gasteiger partial charge in [-0.2, -0.15) is 0 Å². The van der Waals surface area contributed by atoms with Crippen molar-refractivity contribution in [3.8, 4) is 5.75 Å². The number of para-hydroxylation sites is 1. The average molecular weight is 354 g/mol. The number of fused-ring (bicyclic) bond motifs is 1. The standard InChI is InChI=1S/C18H18N4O4/c1-2-3-7-26-12-8-11(9-19-10-12)16(23)22-18-20-14-6-4-5-13(17(24)25)15(14)21-18/h4-6,8-10H,2-3,7H2,1H3,(H,24,25)(H2,20,21,22,23). The molecule has 8 heteroatoms. The van der Waals surface area contributed by atoms with Crippen molar-refractivity contribution in [2.45, 2.75) is 19.8 Å². The van der Waals surface area contributed by atoms with Gasteiger partial charge in [0.2, 0.25) is 5.95 Å². The molecule has 0 atom stereocenters. The number of aromatic carboxylic acids is 1. The lowest BCUT2D eigenvalue weighted by Gasteiger charge is -2.06. The fourth-order valence-electron chi connectivity index (χ4n) is 2.40. The molecule has 0 aliphatic carbocycles. The van der Waals surface area contributed by atoms with Gasteiger partial charge in [0, 0.05) is 6.20 Å². The van der Waals surface area contributed by atoms with E-state index in [1.807, 2.05) is 0 Å². The second kappa shape index (κ2) is 7.64. The Morgan fingerprint density at radius 3 is 2.92 bits per heavy atom. The number of carbonyl (C=O) groups excluding carboxylic acids is 1. The number of aromatic amines is 1. The van der Waals surface area contributed by atoms with Crippen LogP contribution in [0.25, 0.3) is 11.0 Å². The maximum absolute atomic E-state index is 12.4. The maximum atomic E-state index is 12.4. The number of carboxylic acid groups (broad SMARTS) is 1. The number of hydrogen-bond donors (Lipinski definition) is 3. The highest BCUT2D eigenvalue weighted by molar-refractivity contribution is 6.05. The van der Waals surface area contributed by atoms with Crippen molar-refractivity contribution < 1.29 is 19.4 Å². The monoisotopic (exact) mass is 354 g/mol. The van der Waals surface area contributed by atoms with E-state index in [2.05, 4.69) is 27.2 Å². The Morgan fingerprint density at radius 1 is 1.31 bits per heavy atom. The summed E-state index contributed by atoms with van der Waals surface area (Å²) >= 11 is 0. The Balaban J connectivity index is 1.78. The van der Waals surface area contributed by atoms with E-state index in [9.17, 15) is 14.7 Å². The highest BCUT2D eigenvalue weighted by Crippen LogP contribution is 2.19. The number of ether oxygens (including phenoxy) is 1. The molecule has 0 saturated heterocycles. The number of carboxylic acids is 1. The van der Waals surface area contributed by atoms with Gasteiger partial charge in [0.25, 0.3) is 5.91 Å². The molecule has 1 aromatic carbocycles. The number of unbranched alkanes of at least 4 members (excludes halogenated alkanes) is 1. The molecule has 0 bridgehead atoms.